The molecule has 120 valence electrons. The van der Waals surface area contributed by atoms with Crippen molar-refractivity contribution in [1.29, 1.82) is 0 Å². The molecular weight excluding hydrogens is 274 g/mol. The fraction of sp³-hybridized carbons (Fsp3) is 0.526. The Hall–Kier alpha value is -1.77. The van der Waals surface area contributed by atoms with Crippen molar-refractivity contribution in [2.75, 3.05) is 6.61 Å². The van der Waals surface area contributed by atoms with Crippen LogP contribution in [0.4, 0.5) is 0 Å². The number of rotatable bonds is 10. The maximum atomic E-state index is 12.0. The van der Waals surface area contributed by atoms with E-state index in [1.807, 2.05) is 30.5 Å². The first-order valence-corrected chi connectivity index (χ1v) is 8.55. The summed E-state index contributed by atoms with van der Waals surface area (Å²) in [4.78, 5) is 15.1. The lowest BCUT2D eigenvalue weighted by atomic mass is 10.1. The Kier molecular flexibility index (Phi) is 7.01. The van der Waals surface area contributed by atoms with Crippen molar-refractivity contribution in [3.8, 4) is 0 Å². The Labute approximate surface area is 133 Å². The van der Waals surface area contributed by atoms with Crippen LogP contribution in [0.5, 0.6) is 0 Å². The first-order valence-electron chi connectivity index (χ1n) is 8.55. The van der Waals surface area contributed by atoms with Gasteiger partial charge in [-0.05, 0) is 30.7 Å². The molecule has 0 atom stereocenters. The molecule has 0 amide bonds. The Morgan fingerprint density at radius 2 is 1.73 bits per heavy atom. The summed E-state index contributed by atoms with van der Waals surface area (Å²) >= 11 is 0. The lowest BCUT2D eigenvalue weighted by molar-refractivity contribution is 0.0498. The minimum Gasteiger partial charge on any atom is -0.462 e. The van der Waals surface area contributed by atoms with Crippen molar-refractivity contribution in [3.63, 3.8) is 0 Å². The molecule has 1 heterocycles. The Balaban J connectivity index is 1.59. The van der Waals surface area contributed by atoms with Gasteiger partial charge in [-0.15, -0.1) is 0 Å². The average Bonchev–Trinajstić information content (AvgIpc) is 3.00. The van der Waals surface area contributed by atoms with E-state index in [4.69, 9.17) is 4.74 Å². The number of nitrogens with one attached hydrogen (secondary N) is 1. The van der Waals surface area contributed by atoms with Crippen LogP contribution in [0.3, 0.4) is 0 Å². The molecule has 0 saturated carbocycles. The van der Waals surface area contributed by atoms with Gasteiger partial charge in [-0.2, -0.15) is 0 Å². The minimum atomic E-state index is -0.217. The summed E-state index contributed by atoms with van der Waals surface area (Å²) < 4.78 is 5.35. The SMILES string of the molecule is CCCCCCCCCCOC(=O)c1ccc2[nH]ccc2c1. The van der Waals surface area contributed by atoms with Crippen LogP contribution in [0.2, 0.25) is 0 Å². The molecule has 0 radical (unpaired) electrons. The number of hydrogen-bond donors (Lipinski definition) is 1. The molecule has 0 bridgehead atoms. The molecular formula is C19H27NO2. The quantitative estimate of drug-likeness (QED) is 0.467. The van der Waals surface area contributed by atoms with Gasteiger partial charge in [0.2, 0.25) is 0 Å². The normalized spacial score (nSPS) is 11.0. The maximum Gasteiger partial charge on any atom is 0.338 e. The molecule has 1 N–H and O–H groups in total. The number of carbonyl (C=O) groups excluding carboxylic acids is 1. The van der Waals surface area contributed by atoms with Crippen LogP contribution in [-0.2, 0) is 4.74 Å². The second kappa shape index (κ2) is 9.29. The molecule has 0 unspecified atom stereocenters. The highest BCUT2D eigenvalue weighted by atomic mass is 16.5. The van der Waals surface area contributed by atoms with Crippen molar-refractivity contribution in [3.05, 3.63) is 36.0 Å². The summed E-state index contributed by atoms with van der Waals surface area (Å²) in [6, 6.07) is 7.57. The zero-order valence-electron chi connectivity index (χ0n) is 13.6. The highest BCUT2D eigenvalue weighted by molar-refractivity contribution is 5.94. The predicted molar refractivity (Wildman–Crippen MR) is 91.2 cm³/mol. The van der Waals surface area contributed by atoms with Gasteiger partial charge in [0.15, 0.2) is 0 Å². The van der Waals surface area contributed by atoms with Crippen LogP contribution in [-0.4, -0.2) is 17.6 Å². The molecule has 2 rings (SSSR count). The van der Waals surface area contributed by atoms with Gasteiger partial charge >= 0.3 is 5.97 Å². The molecule has 0 saturated heterocycles. The van der Waals surface area contributed by atoms with E-state index in [0.717, 1.165) is 23.7 Å². The van der Waals surface area contributed by atoms with Crippen molar-refractivity contribution >= 4 is 16.9 Å². The van der Waals surface area contributed by atoms with Gasteiger partial charge in [0, 0.05) is 17.1 Å². The molecule has 3 heteroatoms. The third-order valence-corrected chi connectivity index (χ3v) is 4.02. The molecule has 0 aliphatic carbocycles. The van der Waals surface area contributed by atoms with Gasteiger partial charge in [0.1, 0.15) is 0 Å². The van der Waals surface area contributed by atoms with Crippen molar-refractivity contribution in [1.82, 2.24) is 4.98 Å². The lowest BCUT2D eigenvalue weighted by Crippen LogP contribution is -2.06. The molecule has 2 aromatic rings. The van der Waals surface area contributed by atoms with Crippen molar-refractivity contribution in [2.45, 2.75) is 58.3 Å². The fourth-order valence-electron chi connectivity index (χ4n) is 2.66. The fourth-order valence-corrected chi connectivity index (χ4v) is 2.66. The number of aromatic nitrogens is 1. The Morgan fingerprint density at radius 3 is 2.50 bits per heavy atom. The van der Waals surface area contributed by atoms with Crippen LogP contribution in [0.15, 0.2) is 30.5 Å². The molecule has 1 aromatic heterocycles. The highest BCUT2D eigenvalue weighted by Gasteiger charge is 2.07. The third-order valence-electron chi connectivity index (χ3n) is 4.02. The maximum absolute atomic E-state index is 12.0. The first-order chi connectivity index (χ1) is 10.8. The number of aromatic amines is 1. The van der Waals surface area contributed by atoms with Crippen molar-refractivity contribution in [2.24, 2.45) is 0 Å². The first kappa shape index (κ1) is 16.6. The lowest BCUT2D eigenvalue weighted by Gasteiger charge is -2.05. The molecule has 0 aliphatic rings. The van der Waals surface area contributed by atoms with E-state index in [9.17, 15) is 4.79 Å². The van der Waals surface area contributed by atoms with Crippen LogP contribution in [0, 0.1) is 0 Å². The van der Waals surface area contributed by atoms with Gasteiger partial charge in [-0.1, -0.05) is 51.9 Å². The Morgan fingerprint density at radius 1 is 1.00 bits per heavy atom. The predicted octanol–water partition coefficient (Wildman–Crippen LogP) is 5.47. The van der Waals surface area contributed by atoms with Gasteiger partial charge in [-0.3, -0.25) is 0 Å². The molecule has 22 heavy (non-hydrogen) atoms. The van der Waals surface area contributed by atoms with Crippen LogP contribution < -0.4 is 0 Å². The van der Waals surface area contributed by atoms with Crippen LogP contribution in [0.1, 0.15) is 68.6 Å². The van der Waals surface area contributed by atoms with Gasteiger partial charge in [0.05, 0.1) is 12.2 Å². The number of ether oxygens (including phenoxy) is 1. The number of carbonyl (C=O) groups is 1. The molecule has 0 aliphatic heterocycles. The number of hydrogen-bond acceptors (Lipinski definition) is 2. The Bertz CT molecular complexity index is 574. The summed E-state index contributed by atoms with van der Waals surface area (Å²) in [6.07, 6.45) is 11.9. The monoisotopic (exact) mass is 301 g/mol. The van der Waals surface area contributed by atoms with Crippen molar-refractivity contribution < 1.29 is 9.53 Å². The van der Waals surface area contributed by atoms with E-state index in [1.54, 1.807) is 0 Å². The second-order valence-electron chi connectivity index (χ2n) is 5.89. The van der Waals surface area contributed by atoms with Gasteiger partial charge in [-0.25, -0.2) is 4.79 Å². The van der Waals surface area contributed by atoms with Crippen LogP contribution >= 0.6 is 0 Å². The number of fused-ring (bicyclic) bond motifs is 1. The van der Waals surface area contributed by atoms with Crippen LogP contribution in [0.25, 0.3) is 10.9 Å². The van der Waals surface area contributed by atoms with E-state index < -0.39 is 0 Å². The van der Waals surface area contributed by atoms with Gasteiger partial charge < -0.3 is 9.72 Å². The number of H-pyrrole nitrogens is 1. The van der Waals surface area contributed by atoms with Gasteiger partial charge in [0.25, 0.3) is 0 Å². The highest BCUT2D eigenvalue weighted by Crippen LogP contribution is 2.15. The van der Waals surface area contributed by atoms with E-state index in [2.05, 4.69) is 11.9 Å². The zero-order valence-corrected chi connectivity index (χ0v) is 13.6. The number of benzene rings is 1. The molecule has 0 spiro atoms. The minimum absolute atomic E-state index is 0.217. The van der Waals surface area contributed by atoms with E-state index in [0.29, 0.717) is 12.2 Å². The van der Waals surface area contributed by atoms with E-state index in [1.165, 1.54) is 38.5 Å². The largest absolute Gasteiger partial charge is 0.462 e. The standard InChI is InChI=1S/C19H27NO2/c1-2-3-4-5-6-7-8-9-14-22-19(21)17-10-11-18-16(15-17)12-13-20-18/h10-13,15,20H,2-9,14H2,1H3. The summed E-state index contributed by atoms with van der Waals surface area (Å²) in [6.45, 7) is 2.76. The molecule has 1 aromatic carbocycles. The smallest absolute Gasteiger partial charge is 0.338 e. The molecule has 0 fully saturated rings. The second-order valence-corrected chi connectivity index (χ2v) is 5.89. The average molecular weight is 301 g/mol. The van der Waals surface area contributed by atoms with E-state index >= 15 is 0 Å². The van der Waals surface area contributed by atoms with E-state index in [-0.39, 0.29) is 5.97 Å². The number of unbranched alkanes of at least 4 members (excludes halogenated alkanes) is 7. The summed E-state index contributed by atoms with van der Waals surface area (Å²) in [5, 5.41) is 1.04. The topological polar surface area (TPSA) is 42.1 Å². The molecule has 3 nitrogen and oxygen atoms in total. The summed E-state index contributed by atoms with van der Waals surface area (Å²) in [5.41, 5.74) is 1.67. The zero-order chi connectivity index (χ0) is 15.6. The summed E-state index contributed by atoms with van der Waals surface area (Å²) in [7, 11) is 0. The third kappa shape index (κ3) is 5.21. The number of esters is 1. The summed E-state index contributed by atoms with van der Waals surface area (Å²) in [5.74, 6) is -0.217.